The van der Waals surface area contributed by atoms with Crippen LogP contribution in [0.1, 0.15) is 31.1 Å². The van der Waals surface area contributed by atoms with E-state index in [1.807, 2.05) is 24.3 Å². The van der Waals surface area contributed by atoms with Crippen LogP contribution in [0.5, 0.6) is 0 Å². The Morgan fingerprint density at radius 3 is 2.82 bits per heavy atom. The molecule has 0 amide bonds. The molecule has 0 saturated heterocycles. The van der Waals surface area contributed by atoms with E-state index in [2.05, 4.69) is 21.2 Å². The molecule has 5 nitrogen and oxygen atoms in total. The largest absolute Gasteiger partial charge is 0.339 e. The van der Waals surface area contributed by atoms with E-state index >= 15 is 0 Å². The van der Waals surface area contributed by atoms with Crippen LogP contribution in [0.25, 0.3) is 22.3 Å². The van der Waals surface area contributed by atoms with Gasteiger partial charge >= 0.3 is 0 Å². The van der Waals surface area contributed by atoms with Crippen molar-refractivity contribution >= 4 is 23.2 Å². The lowest BCUT2D eigenvalue weighted by atomic mass is 10.1. The fourth-order valence-corrected chi connectivity index (χ4v) is 3.04. The van der Waals surface area contributed by atoms with Crippen molar-refractivity contribution in [3.05, 3.63) is 42.4 Å². The van der Waals surface area contributed by atoms with Crippen molar-refractivity contribution in [1.29, 1.82) is 0 Å². The number of pyridine rings is 1. The van der Waals surface area contributed by atoms with E-state index in [-0.39, 0.29) is 24.4 Å². The average Bonchev–Trinajstić information content (AvgIpc) is 3.15. The number of nitrogens with zero attached hydrogens (tertiary/aromatic N) is 3. The summed E-state index contributed by atoms with van der Waals surface area (Å²) in [6, 6.07) is 10.3. The summed E-state index contributed by atoms with van der Waals surface area (Å²) in [4.78, 5) is 8.97. The van der Waals surface area contributed by atoms with Crippen LogP contribution in [0, 0.1) is 0 Å². The molecule has 6 heteroatoms. The van der Waals surface area contributed by atoms with Crippen LogP contribution < -0.4 is 5.73 Å². The zero-order valence-electron chi connectivity index (χ0n) is 12.0. The van der Waals surface area contributed by atoms with Crippen LogP contribution in [0.15, 0.2) is 41.1 Å². The average molecular weight is 317 g/mol. The maximum atomic E-state index is 5.95. The van der Waals surface area contributed by atoms with Gasteiger partial charge in [0.15, 0.2) is 0 Å². The summed E-state index contributed by atoms with van der Waals surface area (Å²) in [5, 5.41) is 6.28. The molecule has 2 aromatic heterocycles. The van der Waals surface area contributed by atoms with Gasteiger partial charge in [-0.05, 0) is 30.7 Å². The second-order valence-corrected chi connectivity index (χ2v) is 5.61. The first-order valence-electron chi connectivity index (χ1n) is 7.24. The summed E-state index contributed by atoms with van der Waals surface area (Å²) in [6.45, 7) is 0. The van der Waals surface area contributed by atoms with Crippen molar-refractivity contribution in [2.75, 3.05) is 0 Å². The quantitative estimate of drug-likeness (QED) is 0.784. The standard InChI is InChI=1S/C16H16N4O.ClH/c17-12-6-5-11(9-12)16-19-15(20-21-16)14-13-4-2-1-3-10(13)7-8-18-14;/h1-4,7-8,11-12H,5-6,9,17H2;1H. The van der Waals surface area contributed by atoms with Gasteiger partial charge in [0, 0.05) is 23.5 Å². The maximum Gasteiger partial charge on any atom is 0.230 e. The number of halogens is 1. The second kappa shape index (κ2) is 6.02. The van der Waals surface area contributed by atoms with Gasteiger partial charge in [-0.25, -0.2) is 0 Å². The van der Waals surface area contributed by atoms with Gasteiger partial charge in [0.05, 0.1) is 0 Å². The summed E-state index contributed by atoms with van der Waals surface area (Å²) < 4.78 is 5.44. The zero-order chi connectivity index (χ0) is 14.2. The van der Waals surface area contributed by atoms with E-state index in [0.29, 0.717) is 11.7 Å². The Morgan fingerprint density at radius 2 is 2.00 bits per heavy atom. The molecule has 1 aromatic carbocycles. The molecule has 1 aliphatic carbocycles. The minimum absolute atomic E-state index is 0. The summed E-state index contributed by atoms with van der Waals surface area (Å²) in [5.41, 5.74) is 6.72. The monoisotopic (exact) mass is 316 g/mol. The van der Waals surface area contributed by atoms with Gasteiger partial charge in [-0.2, -0.15) is 4.98 Å². The molecule has 2 N–H and O–H groups in total. The summed E-state index contributed by atoms with van der Waals surface area (Å²) in [6.07, 6.45) is 4.74. The molecule has 2 heterocycles. The van der Waals surface area contributed by atoms with Crippen LogP contribution in [-0.2, 0) is 0 Å². The molecule has 114 valence electrons. The Labute approximate surface area is 134 Å². The van der Waals surface area contributed by atoms with Crippen LogP contribution >= 0.6 is 12.4 Å². The molecule has 1 saturated carbocycles. The molecule has 4 rings (SSSR count). The minimum atomic E-state index is 0. The van der Waals surface area contributed by atoms with Crippen LogP contribution in [0.3, 0.4) is 0 Å². The van der Waals surface area contributed by atoms with E-state index in [4.69, 9.17) is 10.3 Å². The zero-order valence-corrected chi connectivity index (χ0v) is 12.8. The number of hydrogen-bond donors (Lipinski definition) is 1. The minimum Gasteiger partial charge on any atom is -0.339 e. The van der Waals surface area contributed by atoms with Gasteiger partial charge in [-0.1, -0.05) is 29.4 Å². The molecule has 0 bridgehead atoms. The summed E-state index contributed by atoms with van der Waals surface area (Å²) in [7, 11) is 0. The molecule has 2 unspecified atom stereocenters. The molecule has 0 radical (unpaired) electrons. The molecule has 22 heavy (non-hydrogen) atoms. The Morgan fingerprint density at radius 1 is 1.14 bits per heavy atom. The Kier molecular flexibility index (Phi) is 4.09. The third-order valence-electron chi connectivity index (χ3n) is 4.15. The molecule has 1 aliphatic rings. The first-order valence-corrected chi connectivity index (χ1v) is 7.24. The second-order valence-electron chi connectivity index (χ2n) is 5.61. The Balaban J connectivity index is 0.00000144. The van der Waals surface area contributed by atoms with Gasteiger partial charge in [-0.3, -0.25) is 4.98 Å². The third-order valence-corrected chi connectivity index (χ3v) is 4.15. The Bertz CT molecular complexity index is 783. The van der Waals surface area contributed by atoms with Crippen molar-refractivity contribution in [3.8, 4) is 11.5 Å². The van der Waals surface area contributed by atoms with Crippen molar-refractivity contribution in [2.45, 2.75) is 31.2 Å². The highest BCUT2D eigenvalue weighted by Gasteiger charge is 2.28. The number of nitrogens with two attached hydrogens (primary N) is 1. The first kappa shape index (κ1) is 14.9. The van der Waals surface area contributed by atoms with Gasteiger partial charge in [-0.15, -0.1) is 12.4 Å². The molecule has 2 atom stereocenters. The van der Waals surface area contributed by atoms with E-state index in [9.17, 15) is 0 Å². The van der Waals surface area contributed by atoms with Crippen molar-refractivity contribution in [3.63, 3.8) is 0 Å². The lowest BCUT2D eigenvalue weighted by Crippen LogP contribution is -2.14. The van der Waals surface area contributed by atoms with Crippen molar-refractivity contribution in [1.82, 2.24) is 15.1 Å². The lowest BCUT2D eigenvalue weighted by Gasteiger charge is -2.02. The molecular formula is C16H17ClN4O. The molecule has 1 fully saturated rings. The van der Waals surface area contributed by atoms with E-state index in [1.165, 1.54) is 0 Å². The lowest BCUT2D eigenvalue weighted by molar-refractivity contribution is 0.353. The number of benzene rings is 1. The van der Waals surface area contributed by atoms with Gasteiger partial charge < -0.3 is 10.3 Å². The maximum absolute atomic E-state index is 5.95. The van der Waals surface area contributed by atoms with Crippen molar-refractivity contribution in [2.24, 2.45) is 5.73 Å². The van der Waals surface area contributed by atoms with E-state index in [1.54, 1.807) is 6.20 Å². The summed E-state index contributed by atoms with van der Waals surface area (Å²) >= 11 is 0. The van der Waals surface area contributed by atoms with Crippen LogP contribution in [-0.4, -0.2) is 21.2 Å². The van der Waals surface area contributed by atoms with Crippen LogP contribution in [0.4, 0.5) is 0 Å². The number of aromatic nitrogens is 3. The highest BCUT2D eigenvalue weighted by atomic mass is 35.5. The Hall–Kier alpha value is -1.98. The summed E-state index contributed by atoms with van der Waals surface area (Å²) in [5.74, 6) is 1.53. The third kappa shape index (κ3) is 2.58. The topological polar surface area (TPSA) is 77.8 Å². The van der Waals surface area contributed by atoms with Gasteiger partial charge in [0.2, 0.25) is 11.7 Å². The normalized spacial score (nSPS) is 21.0. The predicted octanol–water partition coefficient (Wildman–Crippen LogP) is 3.30. The van der Waals surface area contributed by atoms with E-state index < -0.39 is 0 Å². The smallest absolute Gasteiger partial charge is 0.230 e. The molecule has 3 aromatic rings. The number of rotatable bonds is 2. The fraction of sp³-hybridized carbons (Fsp3) is 0.312. The first-order chi connectivity index (χ1) is 10.3. The number of fused-ring (bicyclic) bond motifs is 1. The van der Waals surface area contributed by atoms with E-state index in [0.717, 1.165) is 35.7 Å². The van der Waals surface area contributed by atoms with Gasteiger partial charge in [0.25, 0.3) is 0 Å². The molecule has 0 aliphatic heterocycles. The SMILES string of the molecule is Cl.NC1CCC(c2nc(-c3nccc4ccccc34)no2)C1. The highest BCUT2D eigenvalue weighted by Crippen LogP contribution is 2.34. The molecule has 0 spiro atoms. The highest BCUT2D eigenvalue weighted by molar-refractivity contribution is 5.92. The van der Waals surface area contributed by atoms with Gasteiger partial charge in [0.1, 0.15) is 5.69 Å². The van der Waals surface area contributed by atoms with Crippen LogP contribution in [0.2, 0.25) is 0 Å². The fourth-order valence-electron chi connectivity index (χ4n) is 3.04. The predicted molar refractivity (Wildman–Crippen MR) is 86.9 cm³/mol. The van der Waals surface area contributed by atoms with Crippen molar-refractivity contribution < 1.29 is 4.52 Å². The number of hydrogen-bond acceptors (Lipinski definition) is 5. The molecular weight excluding hydrogens is 300 g/mol.